The second-order valence-electron chi connectivity index (χ2n) is 4.30. The van der Waals surface area contributed by atoms with Gasteiger partial charge in [-0.25, -0.2) is 4.98 Å². The maximum absolute atomic E-state index is 10.9. The number of carbonyl (C=O) groups excluding carboxylic acids is 1. The topological polar surface area (TPSA) is 88.2 Å². The van der Waals surface area contributed by atoms with E-state index in [1.807, 2.05) is 0 Å². The van der Waals surface area contributed by atoms with Gasteiger partial charge in [0.1, 0.15) is 5.82 Å². The van der Waals surface area contributed by atoms with E-state index >= 15 is 0 Å². The standard InChI is InChI=1S/C12H19N3O2/c1-8(2)10(5-6-16)15-11-4-3-9(7-14-11)12(13)17/h3-4,7-8,10,16H,5-6H2,1-2H3,(H2,13,17)(H,14,15). The zero-order valence-corrected chi connectivity index (χ0v) is 10.2. The molecular weight excluding hydrogens is 218 g/mol. The third kappa shape index (κ3) is 4.03. The van der Waals surface area contributed by atoms with Crippen LogP contribution >= 0.6 is 0 Å². The molecule has 0 saturated carbocycles. The summed E-state index contributed by atoms with van der Waals surface area (Å²) < 4.78 is 0. The lowest BCUT2D eigenvalue weighted by Crippen LogP contribution is -2.27. The van der Waals surface area contributed by atoms with Gasteiger partial charge in [-0.05, 0) is 24.5 Å². The fourth-order valence-corrected chi connectivity index (χ4v) is 1.53. The monoisotopic (exact) mass is 237 g/mol. The van der Waals surface area contributed by atoms with Crippen molar-refractivity contribution in [2.24, 2.45) is 11.7 Å². The van der Waals surface area contributed by atoms with Crippen molar-refractivity contribution in [3.63, 3.8) is 0 Å². The predicted octanol–water partition coefficient (Wildman–Crippen LogP) is 0.999. The minimum Gasteiger partial charge on any atom is -0.396 e. The van der Waals surface area contributed by atoms with Gasteiger partial charge >= 0.3 is 0 Å². The van der Waals surface area contributed by atoms with Crippen molar-refractivity contribution in [3.8, 4) is 0 Å². The van der Waals surface area contributed by atoms with Crippen molar-refractivity contribution in [3.05, 3.63) is 23.9 Å². The maximum atomic E-state index is 10.9. The Balaban J connectivity index is 2.69. The molecule has 5 nitrogen and oxygen atoms in total. The van der Waals surface area contributed by atoms with E-state index < -0.39 is 5.91 Å². The van der Waals surface area contributed by atoms with Crippen molar-refractivity contribution >= 4 is 11.7 Å². The number of primary amides is 1. The Morgan fingerprint density at radius 3 is 2.65 bits per heavy atom. The van der Waals surface area contributed by atoms with E-state index in [0.29, 0.717) is 23.7 Å². The summed E-state index contributed by atoms with van der Waals surface area (Å²) in [4.78, 5) is 15.0. The van der Waals surface area contributed by atoms with Crippen LogP contribution in [0.15, 0.2) is 18.3 Å². The van der Waals surface area contributed by atoms with E-state index in [-0.39, 0.29) is 12.6 Å². The Bertz CT molecular complexity index is 363. The summed E-state index contributed by atoms with van der Waals surface area (Å²) in [5, 5.41) is 12.2. The molecule has 1 atom stereocenters. The Hall–Kier alpha value is -1.62. The third-order valence-corrected chi connectivity index (χ3v) is 2.63. The van der Waals surface area contributed by atoms with Crippen LogP contribution in [0.5, 0.6) is 0 Å². The van der Waals surface area contributed by atoms with Crippen LogP contribution < -0.4 is 11.1 Å². The molecule has 1 heterocycles. The lowest BCUT2D eigenvalue weighted by Gasteiger charge is -2.22. The van der Waals surface area contributed by atoms with Crippen LogP contribution in [0, 0.1) is 5.92 Å². The third-order valence-electron chi connectivity index (χ3n) is 2.63. The van der Waals surface area contributed by atoms with Crippen LogP contribution in [0.2, 0.25) is 0 Å². The summed E-state index contributed by atoms with van der Waals surface area (Å²) in [5.41, 5.74) is 5.52. The maximum Gasteiger partial charge on any atom is 0.250 e. The van der Waals surface area contributed by atoms with Gasteiger partial charge < -0.3 is 16.2 Å². The van der Waals surface area contributed by atoms with Crippen molar-refractivity contribution < 1.29 is 9.90 Å². The zero-order valence-electron chi connectivity index (χ0n) is 10.2. The van der Waals surface area contributed by atoms with Gasteiger partial charge in [0, 0.05) is 18.8 Å². The molecule has 0 aromatic carbocycles. The fourth-order valence-electron chi connectivity index (χ4n) is 1.53. The van der Waals surface area contributed by atoms with Gasteiger partial charge in [0.25, 0.3) is 0 Å². The number of nitrogens with zero attached hydrogens (tertiary/aromatic N) is 1. The SMILES string of the molecule is CC(C)C(CCO)Nc1ccc(C(N)=O)cn1. The number of hydrogen-bond donors (Lipinski definition) is 3. The van der Waals surface area contributed by atoms with E-state index in [0.717, 1.165) is 0 Å². The molecular formula is C12H19N3O2. The Morgan fingerprint density at radius 1 is 1.53 bits per heavy atom. The lowest BCUT2D eigenvalue weighted by atomic mass is 10.0. The lowest BCUT2D eigenvalue weighted by molar-refractivity contribution is 0.1000. The van der Waals surface area contributed by atoms with Gasteiger partial charge in [0.2, 0.25) is 5.91 Å². The van der Waals surface area contributed by atoms with Crippen molar-refractivity contribution in [2.75, 3.05) is 11.9 Å². The van der Waals surface area contributed by atoms with E-state index in [9.17, 15) is 4.79 Å². The van der Waals surface area contributed by atoms with Crippen LogP contribution in [0.3, 0.4) is 0 Å². The Morgan fingerprint density at radius 2 is 2.24 bits per heavy atom. The van der Waals surface area contributed by atoms with Gasteiger partial charge in [-0.1, -0.05) is 13.8 Å². The number of aliphatic hydroxyl groups is 1. The number of carbonyl (C=O) groups is 1. The molecule has 1 rings (SSSR count). The summed E-state index contributed by atoms with van der Waals surface area (Å²) in [5.74, 6) is 0.585. The summed E-state index contributed by atoms with van der Waals surface area (Å²) in [6.45, 7) is 4.28. The molecule has 0 radical (unpaired) electrons. The molecule has 17 heavy (non-hydrogen) atoms. The van der Waals surface area contributed by atoms with E-state index in [1.54, 1.807) is 12.1 Å². The number of anilines is 1. The van der Waals surface area contributed by atoms with Crippen molar-refractivity contribution in [1.82, 2.24) is 4.98 Å². The van der Waals surface area contributed by atoms with Crippen molar-refractivity contribution in [2.45, 2.75) is 26.3 Å². The average molecular weight is 237 g/mol. The molecule has 0 bridgehead atoms. The normalized spacial score (nSPS) is 12.5. The minimum atomic E-state index is -0.486. The largest absolute Gasteiger partial charge is 0.396 e. The highest BCUT2D eigenvalue weighted by molar-refractivity contribution is 5.92. The van der Waals surface area contributed by atoms with Crippen LogP contribution in [0.4, 0.5) is 5.82 Å². The van der Waals surface area contributed by atoms with E-state index in [1.165, 1.54) is 6.20 Å². The molecule has 1 amide bonds. The first kappa shape index (κ1) is 13.4. The minimum absolute atomic E-state index is 0.134. The molecule has 0 spiro atoms. The highest BCUT2D eigenvalue weighted by Crippen LogP contribution is 2.13. The molecule has 0 aliphatic heterocycles. The molecule has 1 unspecified atom stereocenters. The van der Waals surface area contributed by atoms with Gasteiger partial charge in [0.05, 0.1) is 5.56 Å². The van der Waals surface area contributed by atoms with Gasteiger partial charge in [-0.2, -0.15) is 0 Å². The number of aliphatic hydroxyl groups excluding tert-OH is 1. The zero-order chi connectivity index (χ0) is 12.8. The van der Waals surface area contributed by atoms with E-state index in [2.05, 4.69) is 24.1 Å². The number of rotatable bonds is 6. The first-order chi connectivity index (χ1) is 8.04. The first-order valence-electron chi connectivity index (χ1n) is 5.68. The molecule has 5 heteroatoms. The molecule has 94 valence electrons. The molecule has 0 aliphatic carbocycles. The summed E-state index contributed by atoms with van der Waals surface area (Å²) in [7, 11) is 0. The second kappa shape index (κ2) is 6.20. The van der Waals surface area contributed by atoms with Crippen LogP contribution in [-0.4, -0.2) is 28.6 Å². The number of nitrogens with one attached hydrogen (secondary N) is 1. The number of aromatic nitrogens is 1. The van der Waals surface area contributed by atoms with Gasteiger partial charge in [-0.3, -0.25) is 4.79 Å². The molecule has 4 N–H and O–H groups in total. The van der Waals surface area contributed by atoms with Gasteiger partial charge in [0.15, 0.2) is 0 Å². The highest BCUT2D eigenvalue weighted by Gasteiger charge is 2.13. The summed E-state index contributed by atoms with van der Waals surface area (Å²) >= 11 is 0. The Kier molecular flexibility index (Phi) is 4.90. The molecule has 1 aromatic heterocycles. The van der Waals surface area contributed by atoms with Crippen molar-refractivity contribution in [1.29, 1.82) is 0 Å². The number of pyridine rings is 1. The van der Waals surface area contributed by atoms with Crippen LogP contribution in [-0.2, 0) is 0 Å². The Labute approximate surface area is 101 Å². The van der Waals surface area contributed by atoms with Gasteiger partial charge in [-0.15, -0.1) is 0 Å². The van der Waals surface area contributed by atoms with Crippen LogP contribution in [0.1, 0.15) is 30.6 Å². The quantitative estimate of drug-likeness (QED) is 0.688. The number of hydrogen-bond acceptors (Lipinski definition) is 4. The second-order valence-corrected chi connectivity index (χ2v) is 4.30. The predicted molar refractivity (Wildman–Crippen MR) is 66.7 cm³/mol. The summed E-state index contributed by atoms with van der Waals surface area (Å²) in [6.07, 6.45) is 2.11. The van der Waals surface area contributed by atoms with Crippen LogP contribution in [0.25, 0.3) is 0 Å². The first-order valence-corrected chi connectivity index (χ1v) is 5.68. The fraction of sp³-hybridized carbons (Fsp3) is 0.500. The molecule has 0 fully saturated rings. The molecule has 1 aromatic rings. The number of nitrogens with two attached hydrogens (primary N) is 1. The average Bonchev–Trinajstić information content (AvgIpc) is 2.29. The smallest absolute Gasteiger partial charge is 0.250 e. The number of amides is 1. The molecule has 0 aliphatic rings. The van der Waals surface area contributed by atoms with E-state index in [4.69, 9.17) is 10.8 Å². The molecule has 0 saturated heterocycles. The highest BCUT2D eigenvalue weighted by atomic mass is 16.3. The summed E-state index contributed by atoms with van der Waals surface area (Å²) in [6, 6.07) is 3.51.